The van der Waals surface area contributed by atoms with Crippen LogP contribution in [0.5, 0.6) is 0 Å². The van der Waals surface area contributed by atoms with Crippen LogP contribution >= 0.6 is 11.3 Å². The molecule has 4 nitrogen and oxygen atoms in total. The van der Waals surface area contributed by atoms with Gasteiger partial charge in [-0.3, -0.25) is 4.79 Å². The molecule has 2 aromatic heterocycles. The third-order valence-corrected chi connectivity index (χ3v) is 3.36. The maximum Gasteiger partial charge on any atom is 0.271 e. The van der Waals surface area contributed by atoms with Crippen molar-refractivity contribution in [3.63, 3.8) is 0 Å². The first-order valence-electron chi connectivity index (χ1n) is 6.16. The number of nitrogens with zero attached hydrogens (tertiary/aromatic N) is 1. The lowest BCUT2D eigenvalue weighted by atomic mass is 10.2. The van der Waals surface area contributed by atoms with Crippen molar-refractivity contribution in [1.29, 1.82) is 0 Å². The van der Waals surface area contributed by atoms with Crippen LogP contribution in [0.2, 0.25) is 0 Å². The molecule has 5 heteroatoms. The number of thiophene rings is 1. The van der Waals surface area contributed by atoms with Gasteiger partial charge in [0.2, 0.25) is 0 Å². The summed E-state index contributed by atoms with van der Waals surface area (Å²) in [5.41, 5.74) is 0.888. The Morgan fingerprint density at radius 3 is 3.05 bits per heavy atom. The van der Waals surface area contributed by atoms with Crippen molar-refractivity contribution in [2.75, 3.05) is 6.61 Å². The fraction of sp³-hybridized carbons (Fsp3) is 0.200. The molecule has 0 atom stereocenters. The first-order chi connectivity index (χ1) is 9.81. The molecule has 0 saturated heterocycles. The van der Waals surface area contributed by atoms with Gasteiger partial charge in [0, 0.05) is 17.5 Å². The molecule has 102 valence electrons. The van der Waals surface area contributed by atoms with Crippen molar-refractivity contribution < 1.29 is 9.90 Å². The fourth-order valence-electron chi connectivity index (χ4n) is 1.57. The summed E-state index contributed by atoms with van der Waals surface area (Å²) in [5.74, 6) is 5.41. The van der Waals surface area contributed by atoms with E-state index in [0.29, 0.717) is 24.2 Å². The average Bonchev–Trinajstić information content (AvgIpc) is 2.99. The van der Waals surface area contributed by atoms with Crippen LogP contribution in [0.3, 0.4) is 0 Å². The molecule has 20 heavy (non-hydrogen) atoms. The van der Waals surface area contributed by atoms with E-state index in [0.717, 1.165) is 4.88 Å². The highest BCUT2D eigenvalue weighted by Gasteiger charge is 2.11. The van der Waals surface area contributed by atoms with Crippen molar-refractivity contribution in [3.8, 4) is 11.8 Å². The molecule has 0 aliphatic carbocycles. The van der Waals surface area contributed by atoms with Gasteiger partial charge in [-0.25, -0.2) is 4.98 Å². The highest BCUT2D eigenvalue weighted by atomic mass is 32.1. The molecule has 0 aliphatic heterocycles. The van der Waals surface area contributed by atoms with Crippen LogP contribution < -0.4 is 5.32 Å². The lowest BCUT2D eigenvalue weighted by Crippen LogP contribution is -2.24. The zero-order chi connectivity index (χ0) is 14.2. The molecule has 0 radical (unpaired) electrons. The van der Waals surface area contributed by atoms with Gasteiger partial charge in [-0.1, -0.05) is 17.9 Å². The van der Waals surface area contributed by atoms with Crippen LogP contribution in [0.25, 0.3) is 0 Å². The quantitative estimate of drug-likeness (QED) is 0.843. The number of pyridine rings is 1. The minimum Gasteiger partial charge on any atom is -0.395 e. The van der Waals surface area contributed by atoms with Gasteiger partial charge >= 0.3 is 0 Å². The predicted octanol–water partition coefficient (Wildman–Crippen LogP) is 1.81. The topological polar surface area (TPSA) is 62.2 Å². The number of nitrogens with one attached hydrogen (secondary N) is 1. The van der Waals surface area contributed by atoms with E-state index >= 15 is 0 Å². The summed E-state index contributed by atoms with van der Waals surface area (Å²) >= 11 is 1.59. The molecule has 2 rings (SSSR count). The minimum atomic E-state index is -0.243. The Morgan fingerprint density at radius 1 is 1.40 bits per heavy atom. The molecule has 0 bridgehead atoms. The molecule has 1 amide bonds. The van der Waals surface area contributed by atoms with Crippen LogP contribution in [-0.4, -0.2) is 22.6 Å². The largest absolute Gasteiger partial charge is 0.395 e. The zero-order valence-electron chi connectivity index (χ0n) is 10.8. The van der Waals surface area contributed by atoms with Gasteiger partial charge in [0.05, 0.1) is 18.7 Å². The Balaban J connectivity index is 2.07. The summed E-state index contributed by atoms with van der Waals surface area (Å²) < 4.78 is 0. The van der Waals surface area contributed by atoms with Gasteiger partial charge in [0.15, 0.2) is 0 Å². The molecule has 2 N–H and O–H groups in total. The van der Waals surface area contributed by atoms with E-state index in [4.69, 9.17) is 5.11 Å². The Labute approximate surface area is 121 Å². The second-order valence-corrected chi connectivity index (χ2v) is 4.97. The third kappa shape index (κ3) is 3.92. The van der Waals surface area contributed by atoms with Crippen LogP contribution in [0.4, 0.5) is 0 Å². The molecule has 0 aromatic carbocycles. The molecular formula is C15H14N2O2S. The van der Waals surface area contributed by atoms with E-state index in [9.17, 15) is 4.79 Å². The Bertz CT molecular complexity index is 627. The molecule has 2 heterocycles. The molecule has 0 fully saturated rings. The van der Waals surface area contributed by atoms with Gasteiger partial charge in [0.1, 0.15) is 5.69 Å². The fourth-order valence-corrected chi connectivity index (χ4v) is 2.21. The first-order valence-corrected chi connectivity index (χ1v) is 7.04. The van der Waals surface area contributed by atoms with Crippen molar-refractivity contribution in [2.45, 2.75) is 13.0 Å². The Morgan fingerprint density at radius 2 is 2.30 bits per heavy atom. The summed E-state index contributed by atoms with van der Waals surface area (Å²) in [6.45, 7) is 0.490. The minimum absolute atomic E-state index is 0.00711. The monoisotopic (exact) mass is 286 g/mol. The molecular weight excluding hydrogens is 272 g/mol. The lowest BCUT2D eigenvalue weighted by molar-refractivity contribution is 0.0946. The SMILES string of the molecule is O=C(NCc1cccs1)c1ncccc1C#CCCO. The molecule has 2 aromatic rings. The lowest BCUT2D eigenvalue weighted by Gasteiger charge is -2.04. The summed E-state index contributed by atoms with van der Waals surface area (Å²) in [4.78, 5) is 17.3. The number of aliphatic hydroxyl groups excluding tert-OH is 1. The maximum atomic E-state index is 12.1. The number of carbonyl (C=O) groups excluding carboxylic acids is 1. The van der Waals surface area contributed by atoms with E-state index < -0.39 is 0 Å². The van der Waals surface area contributed by atoms with Gasteiger partial charge in [-0.15, -0.1) is 11.3 Å². The number of amides is 1. The standard InChI is InChI=1S/C15H14N2O2S/c18-9-2-1-5-12-6-3-8-16-14(12)15(19)17-11-13-7-4-10-20-13/h3-4,6-8,10,18H,2,9,11H2,(H,17,19). The van der Waals surface area contributed by atoms with Crippen LogP contribution in [-0.2, 0) is 6.54 Å². The van der Waals surface area contributed by atoms with Gasteiger partial charge in [0.25, 0.3) is 5.91 Å². The zero-order valence-corrected chi connectivity index (χ0v) is 11.6. The summed E-state index contributed by atoms with van der Waals surface area (Å²) in [6, 6.07) is 7.39. The van der Waals surface area contributed by atoms with E-state index in [1.54, 1.807) is 29.7 Å². The van der Waals surface area contributed by atoms with Crippen molar-refractivity contribution >= 4 is 17.2 Å². The smallest absolute Gasteiger partial charge is 0.271 e. The highest BCUT2D eigenvalue weighted by molar-refractivity contribution is 7.09. The second-order valence-electron chi connectivity index (χ2n) is 3.94. The molecule has 0 saturated carbocycles. The molecule has 0 unspecified atom stereocenters. The van der Waals surface area contributed by atoms with E-state index in [1.165, 1.54) is 0 Å². The number of aromatic nitrogens is 1. The van der Waals surface area contributed by atoms with E-state index in [-0.39, 0.29) is 12.5 Å². The summed E-state index contributed by atoms with van der Waals surface area (Å²) in [7, 11) is 0. The van der Waals surface area contributed by atoms with Crippen LogP contribution in [0.15, 0.2) is 35.8 Å². The molecule has 0 aliphatic rings. The Kier molecular flexibility index (Phi) is 5.30. The number of aliphatic hydroxyl groups is 1. The highest BCUT2D eigenvalue weighted by Crippen LogP contribution is 2.09. The average molecular weight is 286 g/mol. The van der Waals surface area contributed by atoms with Gasteiger partial charge in [-0.2, -0.15) is 0 Å². The number of hydrogen-bond acceptors (Lipinski definition) is 4. The predicted molar refractivity (Wildman–Crippen MR) is 78.3 cm³/mol. The number of rotatable bonds is 4. The van der Waals surface area contributed by atoms with Crippen molar-refractivity contribution in [1.82, 2.24) is 10.3 Å². The van der Waals surface area contributed by atoms with E-state index in [2.05, 4.69) is 22.1 Å². The summed E-state index contributed by atoms with van der Waals surface area (Å²) in [6.07, 6.45) is 1.95. The normalized spacial score (nSPS) is 9.65. The van der Waals surface area contributed by atoms with Gasteiger partial charge in [-0.05, 0) is 23.6 Å². The van der Waals surface area contributed by atoms with E-state index in [1.807, 2.05) is 17.5 Å². The van der Waals surface area contributed by atoms with Gasteiger partial charge < -0.3 is 10.4 Å². The maximum absolute atomic E-state index is 12.1. The van der Waals surface area contributed by atoms with Crippen molar-refractivity contribution in [2.24, 2.45) is 0 Å². The second kappa shape index (κ2) is 7.43. The first kappa shape index (κ1) is 14.3. The number of hydrogen-bond donors (Lipinski definition) is 2. The van der Waals surface area contributed by atoms with Crippen LogP contribution in [0.1, 0.15) is 27.3 Å². The summed E-state index contributed by atoms with van der Waals surface area (Å²) in [5, 5.41) is 13.5. The van der Waals surface area contributed by atoms with Crippen LogP contribution in [0, 0.1) is 11.8 Å². The molecule has 0 spiro atoms. The third-order valence-electron chi connectivity index (χ3n) is 2.49. The Hall–Kier alpha value is -2.16. The number of carbonyl (C=O) groups is 1. The van der Waals surface area contributed by atoms with Crippen molar-refractivity contribution in [3.05, 3.63) is 52.0 Å².